The van der Waals surface area contributed by atoms with Gasteiger partial charge in [0.15, 0.2) is 0 Å². The summed E-state index contributed by atoms with van der Waals surface area (Å²) in [5, 5.41) is 0. The van der Waals surface area contributed by atoms with Crippen LogP contribution in [0.2, 0.25) is 0 Å². The van der Waals surface area contributed by atoms with Crippen molar-refractivity contribution in [3.8, 4) is 11.1 Å². The van der Waals surface area contributed by atoms with Crippen LogP contribution in [0, 0.1) is 27.7 Å². The molecule has 0 heterocycles. The lowest BCUT2D eigenvalue weighted by atomic mass is 9.89. The van der Waals surface area contributed by atoms with Crippen LogP contribution in [0.1, 0.15) is 32.6 Å². The molecular formula is C17H18O. The summed E-state index contributed by atoms with van der Waals surface area (Å²) < 4.78 is 0. The lowest BCUT2D eigenvalue weighted by Crippen LogP contribution is -1.95. The summed E-state index contributed by atoms with van der Waals surface area (Å²) in [6, 6.07) is 10.0. The molecule has 1 heteroatoms. The smallest absolute Gasteiger partial charge is 0.150 e. The fourth-order valence-electron chi connectivity index (χ4n) is 2.42. The van der Waals surface area contributed by atoms with Gasteiger partial charge in [-0.05, 0) is 67.1 Å². The first-order chi connectivity index (χ1) is 8.54. The van der Waals surface area contributed by atoms with Gasteiger partial charge in [0.25, 0.3) is 0 Å². The molecule has 0 saturated heterocycles. The third-order valence-corrected chi connectivity index (χ3v) is 3.68. The number of hydrogen-bond acceptors (Lipinski definition) is 1. The summed E-state index contributed by atoms with van der Waals surface area (Å²) in [6.45, 7) is 8.55. The molecule has 0 aliphatic rings. The van der Waals surface area contributed by atoms with E-state index in [-0.39, 0.29) is 0 Å². The third-order valence-electron chi connectivity index (χ3n) is 3.68. The topological polar surface area (TPSA) is 17.1 Å². The van der Waals surface area contributed by atoms with Crippen molar-refractivity contribution in [1.29, 1.82) is 0 Å². The maximum absolute atomic E-state index is 10.9. The van der Waals surface area contributed by atoms with Gasteiger partial charge in [-0.3, -0.25) is 4.79 Å². The van der Waals surface area contributed by atoms with Crippen molar-refractivity contribution in [2.45, 2.75) is 27.7 Å². The van der Waals surface area contributed by atoms with E-state index in [1.165, 1.54) is 27.8 Å². The van der Waals surface area contributed by atoms with Crippen LogP contribution in [0.4, 0.5) is 0 Å². The molecular weight excluding hydrogens is 220 g/mol. The van der Waals surface area contributed by atoms with E-state index >= 15 is 0 Å². The summed E-state index contributed by atoms with van der Waals surface area (Å²) in [4.78, 5) is 10.9. The molecule has 0 saturated carbocycles. The molecule has 2 aromatic carbocycles. The second kappa shape index (κ2) is 4.77. The minimum Gasteiger partial charge on any atom is -0.298 e. The number of aryl methyl sites for hydroxylation is 2. The molecule has 0 bridgehead atoms. The maximum atomic E-state index is 10.9. The normalized spacial score (nSPS) is 10.4. The Morgan fingerprint density at radius 3 is 2.06 bits per heavy atom. The second-order valence-corrected chi connectivity index (χ2v) is 4.88. The molecule has 2 rings (SSSR count). The van der Waals surface area contributed by atoms with Crippen molar-refractivity contribution in [3.63, 3.8) is 0 Å². The van der Waals surface area contributed by atoms with Gasteiger partial charge in [0.1, 0.15) is 6.29 Å². The van der Waals surface area contributed by atoms with E-state index in [0.29, 0.717) is 0 Å². The lowest BCUT2D eigenvalue weighted by Gasteiger charge is -2.15. The van der Waals surface area contributed by atoms with Gasteiger partial charge in [0.2, 0.25) is 0 Å². The van der Waals surface area contributed by atoms with Crippen LogP contribution in [-0.4, -0.2) is 6.29 Å². The van der Waals surface area contributed by atoms with Crippen molar-refractivity contribution in [3.05, 3.63) is 58.1 Å². The molecule has 0 aliphatic heterocycles. The number of rotatable bonds is 2. The molecule has 0 aliphatic carbocycles. The Balaban J connectivity index is 2.73. The predicted octanol–water partition coefficient (Wildman–Crippen LogP) is 4.40. The van der Waals surface area contributed by atoms with E-state index < -0.39 is 0 Å². The first-order valence-electron chi connectivity index (χ1n) is 6.17. The maximum Gasteiger partial charge on any atom is 0.150 e. The molecule has 0 spiro atoms. The van der Waals surface area contributed by atoms with Crippen molar-refractivity contribution in [1.82, 2.24) is 0 Å². The highest BCUT2D eigenvalue weighted by Crippen LogP contribution is 2.31. The van der Waals surface area contributed by atoms with Crippen molar-refractivity contribution >= 4 is 6.29 Å². The van der Waals surface area contributed by atoms with E-state index in [2.05, 4.69) is 39.8 Å². The monoisotopic (exact) mass is 238 g/mol. The van der Waals surface area contributed by atoms with Gasteiger partial charge in [-0.25, -0.2) is 0 Å². The van der Waals surface area contributed by atoms with Crippen LogP contribution < -0.4 is 0 Å². The highest BCUT2D eigenvalue weighted by atomic mass is 16.1. The van der Waals surface area contributed by atoms with Crippen LogP contribution in [0.15, 0.2) is 30.3 Å². The molecule has 1 nitrogen and oxygen atoms in total. The van der Waals surface area contributed by atoms with Gasteiger partial charge in [-0.15, -0.1) is 0 Å². The molecule has 0 amide bonds. The number of aldehydes is 1. The standard InChI is InChI=1S/C17H18O/c1-11-8-12(2)14(4)17(13(11)3)16-7-5-6-15(9-16)10-18/h5-10H,1-4H3. The van der Waals surface area contributed by atoms with E-state index in [1.807, 2.05) is 18.2 Å². The van der Waals surface area contributed by atoms with E-state index in [4.69, 9.17) is 0 Å². The Labute approximate surface area is 108 Å². The Morgan fingerprint density at radius 2 is 1.50 bits per heavy atom. The van der Waals surface area contributed by atoms with Gasteiger partial charge in [-0.1, -0.05) is 24.3 Å². The minimum absolute atomic E-state index is 0.727. The number of hydrogen-bond donors (Lipinski definition) is 0. The zero-order valence-corrected chi connectivity index (χ0v) is 11.4. The highest BCUT2D eigenvalue weighted by molar-refractivity contribution is 5.81. The Kier molecular flexibility index (Phi) is 3.33. The SMILES string of the molecule is Cc1cc(C)c(C)c(-c2cccc(C=O)c2)c1C. The minimum atomic E-state index is 0.727. The van der Waals surface area contributed by atoms with Crippen LogP contribution >= 0.6 is 0 Å². The number of carbonyl (C=O) groups excluding carboxylic acids is 1. The van der Waals surface area contributed by atoms with Crippen LogP contribution in [0.3, 0.4) is 0 Å². The van der Waals surface area contributed by atoms with E-state index in [0.717, 1.165) is 17.4 Å². The highest BCUT2D eigenvalue weighted by Gasteiger charge is 2.10. The summed E-state index contributed by atoms with van der Waals surface area (Å²) in [7, 11) is 0. The molecule has 2 aromatic rings. The largest absolute Gasteiger partial charge is 0.298 e. The quantitative estimate of drug-likeness (QED) is 0.709. The Morgan fingerprint density at radius 1 is 0.889 bits per heavy atom. The van der Waals surface area contributed by atoms with Gasteiger partial charge in [0.05, 0.1) is 0 Å². The molecule has 0 aromatic heterocycles. The number of benzene rings is 2. The molecule has 0 radical (unpaired) electrons. The summed E-state index contributed by atoms with van der Waals surface area (Å²) >= 11 is 0. The molecule has 0 fully saturated rings. The average Bonchev–Trinajstić information content (AvgIpc) is 2.37. The molecule has 92 valence electrons. The van der Waals surface area contributed by atoms with Crippen molar-refractivity contribution < 1.29 is 4.79 Å². The fraction of sp³-hybridized carbons (Fsp3) is 0.235. The first-order valence-corrected chi connectivity index (χ1v) is 6.17. The zero-order chi connectivity index (χ0) is 13.3. The molecule has 0 unspecified atom stereocenters. The third kappa shape index (κ3) is 2.08. The van der Waals surface area contributed by atoms with Gasteiger partial charge in [0, 0.05) is 5.56 Å². The predicted molar refractivity (Wildman–Crippen MR) is 76.2 cm³/mol. The summed E-state index contributed by atoms with van der Waals surface area (Å²) in [6.07, 6.45) is 0.900. The molecule has 18 heavy (non-hydrogen) atoms. The van der Waals surface area contributed by atoms with E-state index in [1.54, 1.807) is 0 Å². The first kappa shape index (κ1) is 12.6. The zero-order valence-electron chi connectivity index (χ0n) is 11.4. The van der Waals surface area contributed by atoms with Gasteiger partial charge >= 0.3 is 0 Å². The summed E-state index contributed by atoms with van der Waals surface area (Å²) in [5.41, 5.74) is 8.29. The van der Waals surface area contributed by atoms with E-state index in [9.17, 15) is 4.79 Å². The molecule has 0 atom stereocenters. The Bertz CT molecular complexity index is 583. The van der Waals surface area contributed by atoms with Crippen LogP contribution in [0.5, 0.6) is 0 Å². The average molecular weight is 238 g/mol. The Hall–Kier alpha value is -1.89. The molecule has 0 N–H and O–H groups in total. The van der Waals surface area contributed by atoms with Crippen LogP contribution in [-0.2, 0) is 0 Å². The van der Waals surface area contributed by atoms with Crippen molar-refractivity contribution in [2.24, 2.45) is 0 Å². The fourth-order valence-corrected chi connectivity index (χ4v) is 2.42. The number of carbonyl (C=O) groups is 1. The van der Waals surface area contributed by atoms with Gasteiger partial charge < -0.3 is 0 Å². The van der Waals surface area contributed by atoms with Crippen LogP contribution in [0.25, 0.3) is 11.1 Å². The second-order valence-electron chi connectivity index (χ2n) is 4.88. The summed E-state index contributed by atoms with van der Waals surface area (Å²) in [5.74, 6) is 0. The lowest BCUT2D eigenvalue weighted by molar-refractivity contribution is 0.112. The van der Waals surface area contributed by atoms with Gasteiger partial charge in [-0.2, -0.15) is 0 Å². The van der Waals surface area contributed by atoms with Crippen molar-refractivity contribution in [2.75, 3.05) is 0 Å².